The van der Waals surface area contributed by atoms with Crippen molar-refractivity contribution in [2.75, 3.05) is 6.61 Å². The zero-order chi connectivity index (χ0) is 12.3. The highest BCUT2D eigenvalue weighted by Gasteiger charge is 2.27. The van der Waals surface area contributed by atoms with Gasteiger partial charge in [0.25, 0.3) is 0 Å². The van der Waals surface area contributed by atoms with E-state index >= 15 is 0 Å². The van der Waals surface area contributed by atoms with Crippen molar-refractivity contribution in [2.45, 2.75) is 38.2 Å². The highest BCUT2D eigenvalue weighted by Crippen LogP contribution is 2.19. The lowest BCUT2D eigenvalue weighted by atomic mass is 10.4. The van der Waals surface area contributed by atoms with Crippen molar-refractivity contribution in [1.29, 1.82) is 0 Å². The van der Waals surface area contributed by atoms with Crippen LogP contribution in [0.1, 0.15) is 24.4 Å². The summed E-state index contributed by atoms with van der Waals surface area (Å²) in [6.45, 7) is -0.733. The molecule has 1 aromatic heterocycles. The Labute approximate surface area is 96.6 Å². The second-order valence-electron chi connectivity index (χ2n) is 4.12. The van der Waals surface area contributed by atoms with Crippen LogP contribution in [0, 0.1) is 0 Å². The molecule has 0 aromatic carbocycles. The average molecular weight is 249 g/mol. The van der Waals surface area contributed by atoms with E-state index in [9.17, 15) is 13.2 Å². The third kappa shape index (κ3) is 4.74. The van der Waals surface area contributed by atoms with Crippen LogP contribution in [-0.2, 0) is 17.9 Å². The molecule has 4 nitrogen and oxygen atoms in total. The van der Waals surface area contributed by atoms with Gasteiger partial charge in [-0.05, 0) is 12.8 Å². The Morgan fingerprint density at radius 1 is 1.47 bits per heavy atom. The number of rotatable bonds is 6. The number of imidazole rings is 1. The van der Waals surface area contributed by atoms with Crippen LogP contribution in [0.25, 0.3) is 0 Å². The summed E-state index contributed by atoms with van der Waals surface area (Å²) in [7, 11) is 0. The van der Waals surface area contributed by atoms with Gasteiger partial charge in [-0.15, -0.1) is 0 Å². The van der Waals surface area contributed by atoms with Crippen molar-refractivity contribution < 1.29 is 17.9 Å². The van der Waals surface area contributed by atoms with Crippen molar-refractivity contribution in [2.24, 2.45) is 0 Å². The van der Waals surface area contributed by atoms with Gasteiger partial charge < -0.3 is 15.0 Å². The fraction of sp³-hybridized carbons (Fsp3) is 0.700. The van der Waals surface area contributed by atoms with Gasteiger partial charge in [0.15, 0.2) is 0 Å². The van der Waals surface area contributed by atoms with Crippen LogP contribution in [0.3, 0.4) is 0 Å². The van der Waals surface area contributed by atoms with Crippen LogP contribution < -0.4 is 5.32 Å². The predicted octanol–water partition coefficient (Wildman–Crippen LogP) is 1.74. The largest absolute Gasteiger partial charge is 0.411 e. The maximum atomic E-state index is 11.8. The smallest absolute Gasteiger partial charge is 0.364 e. The molecule has 0 bridgehead atoms. The molecule has 0 spiro atoms. The van der Waals surface area contributed by atoms with E-state index in [1.807, 2.05) is 0 Å². The number of aromatic nitrogens is 2. The van der Waals surface area contributed by atoms with Crippen molar-refractivity contribution in [1.82, 2.24) is 15.3 Å². The van der Waals surface area contributed by atoms with Crippen LogP contribution in [0.15, 0.2) is 6.20 Å². The molecule has 1 saturated carbocycles. The minimum atomic E-state index is -4.29. The minimum absolute atomic E-state index is 0.150. The number of H-pyrrole nitrogens is 1. The quantitative estimate of drug-likeness (QED) is 0.807. The lowest BCUT2D eigenvalue weighted by Crippen LogP contribution is -2.17. The maximum Gasteiger partial charge on any atom is 0.411 e. The molecule has 96 valence electrons. The zero-order valence-corrected chi connectivity index (χ0v) is 9.18. The zero-order valence-electron chi connectivity index (χ0n) is 9.18. The van der Waals surface area contributed by atoms with Crippen LogP contribution >= 0.6 is 0 Å². The number of hydrogen-bond acceptors (Lipinski definition) is 3. The van der Waals surface area contributed by atoms with E-state index in [-0.39, 0.29) is 6.61 Å². The molecule has 0 radical (unpaired) electrons. The predicted molar refractivity (Wildman–Crippen MR) is 54.2 cm³/mol. The third-order valence-electron chi connectivity index (χ3n) is 2.34. The Balaban J connectivity index is 1.69. The lowest BCUT2D eigenvalue weighted by molar-refractivity contribution is -0.177. The Kier molecular flexibility index (Phi) is 3.68. The van der Waals surface area contributed by atoms with E-state index in [2.05, 4.69) is 20.0 Å². The molecule has 2 N–H and O–H groups in total. The molecule has 0 amide bonds. The number of halogens is 3. The van der Waals surface area contributed by atoms with Crippen LogP contribution in [-0.4, -0.2) is 28.8 Å². The second kappa shape index (κ2) is 5.05. The SMILES string of the molecule is FC(F)(F)COCc1ncc(CNC2CC2)[nH]1. The summed E-state index contributed by atoms with van der Waals surface area (Å²) in [6.07, 6.45) is -0.296. The number of hydrogen-bond donors (Lipinski definition) is 2. The monoisotopic (exact) mass is 249 g/mol. The first-order valence-electron chi connectivity index (χ1n) is 5.43. The van der Waals surface area contributed by atoms with Gasteiger partial charge in [0.2, 0.25) is 0 Å². The summed E-state index contributed by atoms with van der Waals surface area (Å²) < 4.78 is 39.9. The van der Waals surface area contributed by atoms with Crippen molar-refractivity contribution in [3.8, 4) is 0 Å². The summed E-state index contributed by atoms with van der Waals surface area (Å²) in [4.78, 5) is 6.86. The van der Waals surface area contributed by atoms with Crippen LogP contribution in [0.4, 0.5) is 13.2 Å². The topological polar surface area (TPSA) is 49.9 Å². The van der Waals surface area contributed by atoms with E-state index in [0.29, 0.717) is 18.4 Å². The second-order valence-corrected chi connectivity index (χ2v) is 4.12. The van der Waals surface area contributed by atoms with Crippen molar-refractivity contribution >= 4 is 0 Å². The standard InChI is InChI=1S/C10H14F3N3O/c11-10(12,13)6-17-5-9-15-4-8(16-9)3-14-7-1-2-7/h4,7,14H,1-3,5-6H2,(H,15,16). The molecular formula is C10H14F3N3O. The van der Waals surface area contributed by atoms with E-state index in [0.717, 1.165) is 5.69 Å². The van der Waals surface area contributed by atoms with Gasteiger partial charge in [-0.25, -0.2) is 4.98 Å². The molecular weight excluding hydrogens is 235 g/mol. The van der Waals surface area contributed by atoms with Crippen molar-refractivity contribution in [3.63, 3.8) is 0 Å². The number of alkyl halides is 3. The molecule has 1 aromatic rings. The Morgan fingerprint density at radius 2 is 2.24 bits per heavy atom. The highest BCUT2D eigenvalue weighted by molar-refractivity contribution is 5.01. The number of nitrogens with one attached hydrogen (secondary N) is 2. The van der Waals surface area contributed by atoms with Gasteiger partial charge in [-0.2, -0.15) is 13.2 Å². The van der Waals surface area contributed by atoms with Crippen molar-refractivity contribution in [3.05, 3.63) is 17.7 Å². The van der Waals surface area contributed by atoms with Gasteiger partial charge in [-0.1, -0.05) is 0 Å². The number of ether oxygens (including phenoxy) is 1. The molecule has 1 aliphatic carbocycles. The summed E-state index contributed by atoms with van der Waals surface area (Å²) in [5, 5.41) is 3.27. The molecule has 0 saturated heterocycles. The van der Waals surface area contributed by atoms with Gasteiger partial charge in [0.05, 0.1) is 0 Å². The summed E-state index contributed by atoms with van der Waals surface area (Å²) >= 11 is 0. The Bertz CT molecular complexity index is 360. The molecule has 7 heteroatoms. The summed E-state index contributed by atoms with van der Waals surface area (Å²) in [5.41, 5.74) is 0.863. The van der Waals surface area contributed by atoms with Gasteiger partial charge in [0.1, 0.15) is 19.0 Å². The van der Waals surface area contributed by atoms with E-state index in [4.69, 9.17) is 0 Å². The summed E-state index contributed by atoms with van der Waals surface area (Å²) in [6, 6.07) is 0.586. The van der Waals surface area contributed by atoms with Gasteiger partial charge in [-0.3, -0.25) is 0 Å². The molecule has 1 aliphatic rings. The van der Waals surface area contributed by atoms with Gasteiger partial charge in [0, 0.05) is 24.5 Å². The van der Waals surface area contributed by atoms with Crippen LogP contribution in [0.5, 0.6) is 0 Å². The molecule has 0 aliphatic heterocycles. The fourth-order valence-electron chi connectivity index (χ4n) is 1.37. The average Bonchev–Trinajstić information content (AvgIpc) is 2.95. The molecule has 2 rings (SSSR count). The molecule has 1 fully saturated rings. The van der Waals surface area contributed by atoms with Gasteiger partial charge >= 0.3 is 6.18 Å². The first-order valence-corrected chi connectivity index (χ1v) is 5.43. The molecule has 0 unspecified atom stereocenters. The number of aromatic amines is 1. The maximum absolute atomic E-state index is 11.8. The Morgan fingerprint density at radius 3 is 2.88 bits per heavy atom. The number of nitrogens with zero attached hydrogens (tertiary/aromatic N) is 1. The minimum Gasteiger partial charge on any atom is -0.364 e. The third-order valence-corrected chi connectivity index (χ3v) is 2.34. The molecule has 17 heavy (non-hydrogen) atoms. The fourth-order valence-corrected chi connectivity index (χ4v) is 1.37. The highest BCUT2D eigenvalue weighted by atomic mass is 19.4. The normalized spacial score (nSPS) is 16.4. The van der Waals surface area contributed by atoms with E-state index in [1.165, 1.54) is 12.8 Å². The first-order chi connectivity index (χ1) is 8.03. The molecule has 0 atom stereocenters. The summed E-state index contributed by atoms with van der Waals surface area (Å²) in [5.74, 6) is 0.418. The van der Waals surface area contributed by atoms with E-state index < -0.39 is 12.8 Å². The van der Waals surface area contributed by atoms with E-state index in [1.54, 1.807) is 6.20 Å². The first kappa shape index (κ1) is 12.4. The Hall–Kier alpha value is -1.08. The molecule has 1 heterocycles. The lowest BCUT2D eigenvalue weighted by Gasteiger charge is -2.05. The van der Waals surface area contributed by atoms with Crippen LogP contribution in [0.2, 0.25) is 0 Å².